The Morgan fingerprint density at radius 1 is 1.24 bits per heavy atom. The van der Waals surface area contributed by atoms with Crippen LogP contribution in [0.1, 0.15) is 55.9 Å². The van der Waals surface area contributed by atoms with Crippen LogP contribution >= 0.6 is 0 Å². The number of aryl methyl sites for hydroxylation is 1. The van der Waals surface area contributed by atoms with E-state index in [0.717, 1.165) is 37.5 Å². The molecule has 0 saturated carbocycles. The molecular formula is C19H26N4O2. The molecule has 6 nitrogen and oxygen atoms in total. The second-order valence-corrected chi connectivity index (χ2v) is 7.10. The van der Waals surface area contributed by atoms with Gasteiger partial charge in [0.1, 0.15) is 0 Å². The molecule has 0 bridgehead atoms. The van der Waals surface area contributed by atoms with E-state index in [1.165, 1.54) is 5.56 Å². The Kier molecular flexibility index (Phi) is 5.48. The van der Waals surface area contributed by atoms with Crippen molar-refractivity contribution in [3.63, 3.8) is 0 Å². The number of rotatable bonds is 5. The predicted octanol–water partition coefficient (Wildman–Crippen LogP) is 3.32. The van der Waals surface area contributed by atoms with Gasteiger partial charge in [0.2, 0.25) is 17.7 Å². The number of hydrogen-bond donors (Lipinski definition) is 1. The van der Waals surface area contributed by atoms with Crippen LogP contribution < -0.4 is 5.32 Å². The van der Waals surface area contributed by atoms with Crippen molar-refractivity contribution in [2.24, 2.45) is 0 Å². The average molecular weight is 342 g/mol. The molecule has 0 unspecified atom stereocenters. The molecule has 1 aromatic carbocycles. The Morgan fingerprint density at radius 3 is 2.52 bits per heavy atom. The fraction of sp³-hybridized carbons (Fsp3) is 0.526. The van der Waals surface area contributed by atoms with Crippen molar-refractivity contribution in [2.75, 3.05) is 25.0 Å². The van der Waals surface area contributed by atoms with Crippen molar-refractivity contribution >= 4 is 11.6 Å². The third-order valence-electron chi connectivity index (χ3n) is 4.59. The zero-order valence-corrected chi connectivity index (χ0v) is 15.2. The highest BCUT2D eigenvalue weighted by Crippen LogP contribution is 2.28. The molecule has 0 radical (unpaired) electrons. The van der Waals surface area contributed by atoms with E-state index < -0.39 is 0 Å². The molecule has 25 heavy (non-hydrogen) atoms. The largest absolute Gasteiger partial charge is 0.425 e. The third-order valence-corrected chi connectivity index (χ3v) is 4.59. The molecule has 1 aliphatic heterocycles. The van der Waals surface area contributed by atoms with Crippen molar-refractivity contribution in [1.82, 2.24) is 15.1 Å². The highest BCUT2D eigenvalue weighted by atomic mass is 16.4. The number of benzene rings is 1. The monoisotopic (exact) mass is 342 g/mol. The van der Waals surface area contributed by atoms with Crippen LogP contribution in [0, 0.1) is 6.92 Å². The topological polar surface area (TPSA) is 71.3 Å². The summed E-state index contributed by atoms with van der Waals surface area (Å²) < 4.78 is 5.77. The summed E-state index contributed by atoms with van der Waals surface area (Å²) >= 11 is 0. The van der Waals surface area contributed by atoms with Gasteiger partial charge in [0.05, 0.1) is 6.54 Å². The lowest BCUT2D eigenvalue weighted by Crippen LogP contribution is -2.38. The molecule has 2 aromatic rings. The maximum atomic E-state index is 12.2. The predicted molar refractivity (Wildman–Crippen MR) is 96.6 cm³/mol. The quantitative estimate of drug-likeness (QED) is 0.902. The number of anilines is 1. The van der Waals surface area contributed by atoms with E-state index in [2.05, 4.69) is 20.4 Å². The summed E-state index contributed by atoms with van der Waals surface area (Å²) in [7, 11) is 0. The van der Waals surface area contributed by atoms with Gasteiger partial charge in [-0.1, -0.05) is 31.5 Å². The molecule has 0 spiro atoms. The lowest BCUT2D eigenvalue weighted by atomic mass is 9.97. The van der Waals surface area contributed by atoms with Crippen molar-refractivity contribution in [3.8, 4) is 0 Å². The number of piperidine rings is 1. The first-order valence-electron chi connectivity index (χ1n) is 8.93. The minimum Gasteiger partial charge on any atom is -0.425 e. The maximum Gasteiger partial charge on any atom is 0.238 e. The van der Waals surface area contributed by atoms with Gasteiger partial charge in [0.15, 0.2) is 0 Å². The maximum absolute atomic E-state index is 12.2. The van der Waals surface area contributed by atoms with Crippen LogP contribution in [0.3, 0.4) is 0 Å². The fourth-order valence-electron chi connectivity index (χ4n) is 3.02. The number of carbonyl (C=O) groups excluding carboxylic acids is 1. The van der Waals surface area contributed by atoms with E-state index in [9.17, 15) is 4.79 Å². The number of amides is 1. The molecule has 1 fully saturated rings. The number of aromatic nitrogens is 2. The van der Waals surface area contributed by atoms with Gasteiger partial charge in [0, 0.05) is 17.5 Å². The molecule has 6 heteroatoms. The normalized spacial score (nSPS) is 16.3. The van der Waals surface area contributed by atoms with E-state index in [-0.39, 0.29) is 11.8 Å². The molecule has 2 heterocycles. The number of nitrogens with zero attached hydrogens (tertiary/aromatic N) is 3. The van der Waals surface area contributed by atoms with Gasteiger partial charge in [-0.25, -0.2) is 0 Å². The second kappa shape index (κ2) is 7.78. The second-order valence-electron chi connectivity index (χ2n) is 7.10. The van der Waals surface area contributed by atoms with Crippen LogP contribution in [0.15, 0.2) is 28.7 Å². The van der Waals surface area contributed by atoms with E-state index in [4.69, 9.17) is 4.42 Å². The summed E-state index contributed by atoms with van der Waals surface area (Å²) in [6, 6.07) is 7.86. The number of carbonyl (C=O) groups is 1. The summed E-state index contributed by atoms with van der Waals surface area (Å²) in [5, 5.41) is 11.3. The van der Waals surface area contributed by atoms with Crippen LogP contribution in [-0.2, 0) is 4.79 Å². The van der Waals surface area contributed by atoms with Crippen molar-refractivity contribution < 1.29 is 9.21 Å². The molecule has 0 aliphatic carbocycles. The summed E-state index contributed by atoms with van der Waals surface area (Å²) in [4.78, 5) is 14.4. The van der Waals surface area contributed by atoms with E-state index in [1.807, 2.05) is 45.0 Å². The lowest BCUT2D eigenvalue weighted by molar-refractivity contribution is -0.117. The van der Waals surface area contributed by atoms with Gasteiger partial charge in [-0.15, -0.1) is 10.2 Å². The molecule has 1 aliphatic rings. The minimum atomic E-state index is 0.0298. The molecule has 1 N–H and O–H groups in total. The van der Waals surface area contributed by atoms with Crippen LogP contribution in [0.5, 0.6) is 0 Å². The molecule has 134 valence electrons. The van der Waals surface area contributed by atoms with Gasteiger partial charge in [-0.2, -0.15) is 0 Å². The van der Waals surface area contributed by atoms with Crippen LogP contribution in [0.2, 0.25) is 0 Å². The van der Waals surface area contributed by atoms with Gasteiger partial charge in [-0.3, -0.25) is 9.69 Å². The van der Waals surface area contributed by atoms with E-state index >= 15 is 0 Å². The first-order chi connectivity index (χ1) is 12.0. The highest BCUT2D eigenvalue weighted by Gasteiger charge is 2.26. The fourth-order valence-corrected chi connectivity index (χ4v) is 3.02. The van der Waals surface area contributed by atoms with Crippen LogP contribution in [0.25, 0.3) is 0 Å². The Balaban J connectivity index is 1.47. The van der Waals surface area contributed by atoms with E-state index in [1.54, 1.807) is 0 Å². The minimum absolute atomic E-state index is 0.0298. The Bertz CT molecular complexity index is 700. The van der Waals surface area contributed by atoms with Crippen LogP contribution in [-0.4, -0.2) is 40.6 Å². The van der Waals surface area contributed by atoms with Gasteiger partial charge in [0.25, 0.3) is 0 Å². The Labute approximate surface area is 148 Å². The molecule has 3 rings (SSSR count). The van der Waals surface area contributed by atoms with Crippen molar-refractivity contribution in [2.45, 2.75) is 45.4 Å². The molecule has 1 aromatic heterocycles. The summed E-state index contributed by atoms with van der Waals surface area (Å²) in [6.45, 7) is 8.28. The van der Waals surface area contributed by atoms with E-state index in [0.29, 0.717) is 18.4 Å². The van der Waals surface area contributed by atoms with Crippen LogP contribution in [0.4, 0.5) is 5.69 Å². The van der Waals surface area contributed by atoms with Gasteiger partial charge >= 0.3 is 0 Å². The van der Waals surface area contributed by atoms with Crippen molar-refractivity contribution in [3.05, 3.63) is 41.6 Å². The number of hydrogen-bond acceptors (Lipinski definition) is 5. The van der Waals surface area contributed by atoms with Gasteiger partial charge < -0.3 is 9.73 Å². The zero-order valence-electron chi connectivity index (χ0n) is 15.2. The summed E-state index contributed by atoms with van der Waals surface area (Å²) in [5.41, 5.74) is 2.03. The molecular weight excluding hydrogens is 316 g/mol. The lowest BCUT2D eigenvalue weighted by Gasteiger charge is -2.29. The molecule has 1 amide bonds. The Morgan fingerprint density at radius 2 is 1.92 bits per heavy atom. The smallest absolute Gasteiger partial charge is 0.238 e. The first kappa shape index (κ1) is 17.6. The average Bonchev–Trinajstić information content (AvgIpc) is 3.08. The van der Waals surface area contributed by atoms with Crippen molar-refractivity contribution in [1.29, 1.82) is 0 Å². The highest BCUT2D eigenvalue weighted by molar-refractivity contribution is 5.92. The standard InChI is InChI=1S/C19H26N4O2/c1-13(2)18-21-22-19(25-18)15-8-10-23(11-9-15)12-17(24)20-16-6-4-14(3)5-7-16/h4-7,13,15H,8-12H2,1-3H3,(H,20,24). The molecule has 0 atom stereocenters. The summed E-state index contributed by atoms with van der Waals surface area (Å²) in [5.74, 6) is 2.03. The number of likely N-dealkylation sites (tertiary alicyclic amines) is 1. The first-order valence-corrected chi connectivity index (χ1v) is 8.93. The zero-order chi connectivity index (χ0) is 17.8. The Hall–Kier alpha value is -2.21. The molecule has 1 saturated heterocycles. The van der Waals surface area contributed by atoms with Gasteiger partial charge in [-0.05, 0) is 45.0 Å². The SMILES string of the molecule is Cc1ccc(NC(=O)CN2CCC(c3nnc(C(C)C)o3)CC2)cc1. The number of nitrogens with one attached hydrogen (secondary N) is 1. The third kappa shape index (κ3) is 4.66. The summed E-state index contributed by atoms with van der Waals surface area (Å²) in [6.07, 6.45) is 1.88.